The van der Waals surface area contributed by atoms with E-state index in [1.54, 1.807) is 24.4 Å². The minimum atomic E-state index is -0.724. The zero-order valence-electron chi connectivity index (χ0n) is 15.5. The lowest BCUT2D eigenvalue weighted by atomic mass is 10.1. The number of hydrogen-bond acceptors (Lipinski definition) is 7. The van der Waals surface area contributed by atoms with Crippen LogP contribution in [0.25, 0.3) is 11.3 Å². The van der Waals surface area contributed by atoms with Crippen LogP contribution in [-0.2, 0) is 0 Å². The maximum atomic E-state index is 13.4. The quantitative estimate of drug-likeness (QED) is 0.448. The summed E-state index contributed by atoms with van der Waals surface area (Å²) >= 11 is 1.12. The van der Waals surface area contributed by atoms with Crippen LogP contribution in [0.1, 0.15) is 17.3 Å². The molecule has 10 heteroatoms. The second-order valence-electron chi connectivity index (χ2n) is 5.71. The van der Waals surface area contributed by atoms with Crippen LogP contribution >= 0.6 is 11.3 Å². The number of carbonyl (C=O) groups excluding carboxylic acids is 1. The highest BCUT2D eigenvalue weighted by molar-refractivity contribution is 7.14. The number of rotatable bonds is 7. The zero-order chi connectivity index (χ0) is 21.0. The molecule has 1 amide bonds. The number of halogens is 1. The number of thiazole rings is 1. The van der Waals surface area contributed by atoms with Gasteiger partial charge in [0.1, 0.15) is 11.4 Å². The summed E-state index contributed by atoms with van der Waals surface area (Å²) in [7, 11) is 1.37. The Kier molecular flexibility index (Phi) is 6.03. The average Bonchev–Trinajstić information content (AvgIpc) is 3.16. The summed E-state index contributed by atoms with van der Waals surface area (Å²) in [4.78, 5) is 27.7. The molecule has 0 aliphatic rings. The maximum absolute atomic E-state index is 13.4. The molecule has 1 aromatic heterocycles. The summed E-state index contributed by atoms with van der Waals surface area (Å²) in [5, 5.41) is 15.8. The third kappa shape index (κ3) is 4.49. The SMILES string of the molecule is CCOc1cc([N+](=O)[O-])c(C(=O)Nc2nc(-c3cccc(F)c3)cs2)cc1OC. The molecule has 0 radical (unpaired) electrons. The first-order valence-corrected chi connectivity index (χ1v) is 9.33. The van der Waals surface area contributed by atoms with Crippen molar-refractivity contribution in [2.45, 2.75) is 6.92 Å². The third-order valence-corrected chi connectivity index (χ3v) is 4.63. The Labute approximate surface area is 169 Å². The number of nitro groups is 1. The lowest BCUT2D eigenvalue weighted by Gasteiger charge is -2.11. The molecule has 3 rings (SSSR count). The van der Waals surface area contributed by atoms with Crippen LogP contribution in [0.5, 0.6) is 11.5 Å². The van der Waals surface area contributed by atoms with Crippen molar-refractivity contribution in [1.29, 1.82) is 0 Å². The lowest BCUT2D eigenvalue weighted by molar-refractivity contribution is -0.385. The molecule has 0 unspecified atom stereocenters. The number of aromatic nitrogens is 1. The molecule has 8 nitrogen and oxygen atoms in total. The zero-order valence-corrected chi connectivity index (χ0v) is 16.3. The van der Waals surface area contributed by atoms with Crippen LogP contribution in [0.4, 0.5) is 15.2 Å². The van der Waals surface area contributed by atoms with Gasteiger partial charge in [-0.25, -0.2) is 9.37 Å². The minimum absolute atomic E-state index is 0.167. The van der Waals surface area contributed by atoms with Crippen LogP contribution in [0.3, 0.4) is 0 Å². The van der Waals surface area contributed by atoms with Crippen molar-refractivity contribution < 1.29 is 23.6 Å². The summed E-state index contributed by atoms with van der Waals surface area (Å²) in [5.41, 5.74) is 0.408. The van der Waals surface area contributed by atoms with Gasteiger partial charge in [-0.15, -0.1) is 11.3 Å². The second kappa shape index (κ2) is 8.65. The van der Waals surface area contributed by atoms with E-state index in [9.17, 15) is 19.3 Å². The van der Waals surface area contributed by atoms with Gasteiger partial charge in [-0.1, -0.05) is 12.1 Å². The number of carbonyl (C=O) groups is 1. The van der Waals surface area contributed by atoms with Crippen LogP contribution < -0.4 is 14.8 Å². The predicted octanol–water partition coefficient (Wildman–Crippen LogP) is 4.52. The summed E-state index contributed by atoms with van der Waals surface area (Å²) in [6, 6.07) is 8.28. The number of hydrogen-bond donors (Lipinski definition) is 1. The van der Waals surface area contributed by atoms with Crippen LogP contribution in [-0.4, -0.2) is 29.5 Å². The fourth-order valence-electron chi connectivity index (χ4n) is 2.59. The van der Waals surface area contributed by atoms with E-state index >= 15 is 0 Å². The highest BCUT2D eigenvalue weighted by atomic mass is 32.1. The van der Waals surface area contributed by atoms with Crippen molar-refractivity contribution in [3.63, 3.8) is 0 Å². The highest BCUT2D eigenvalue weighted by Gasteiger charge is 2.25. The van der Waals surface area contributed by atoms with E-state index < -0.39 is 22.3 Å². The van der Waals surface area contributed by atoms with E-state index in [-0.39, 0.29) is 28.8 Å². The molecular weight excluding hydrogens is 401 g/mol. The Hall–Kier alpha value is -3.53. The molecule has 0 saturated carbocycles. The summed E-state index contributed by atoms with van der Waals surface area (Å²) in [6.07, 6.45) is 0. The van der Waals surface area contributed by atoms with Crippen LogP contribution in [0.2, 0.25) is 0 Å². The summed E-state index contributed by atoms with van der Waals surface area (Å²) in [6.45, 7) is 2.01. The number of nitrogens with zero attached hydrogens (tertiary/aromatic N) is 2. The fourth-order valence-corrected chi connectivity index (χ4v) is 3.30. The third-order valence-electron chi connectivity index (χ3n) is 3.87. The van der Waals surface area contributed by atoms with Gasteiger partial charge in [0, 0.05) is 17.0 Å². The average molecular weight is 417 g/mol. The van der Waals surface area contributed by atoms with Crippen molar-refractivity contribution in [2.75, 3.05) is 19.0 Å². The summed E-state index contributed by atoms with van der Waals surface area (Å²) < 4.78 is 23.9. The standard InChI is InChI=1S/C19H16FN3O5S/c1-3-28-17-9-15(23(25)26)13(8-16(17)27-2)18(24)22-19-21-14(10-29-19)11-5-4-6-12(20)7-11/h4-10H,3H2,1-2H3,(H,21,22,24). The highest BCUT2D eigenvalue weighted by Crippen LogP contribution is 2.35. The Balaban J connectivity index is 1.90. The minimum Gasteiger partial charge on any atom is -0.493 e. The normalized spacial score (nSPS) is 10.4. The van der Waals surface area contributed by atoms with E-state index in [1.807, 2.05) is 0 Å². The van der Waals surface area contributed by atoms with Crippen molar-refractivity contribution in [1.82, 2.24) is 4.98 Å². The topological polar surface area (TPSA) is 104 Å². The predicted molar refractivity (Wildman–Crippen MR) is 106 cm³/mol. The molecule has 0 aliphatic carbocycles. The molecule has 0 spiro atoms. The number of nitrogens with one attached hydrogen (secondary N) is 1. The molecule has 1 heterocycles. The number of ether oxygens (including phenoxy) is 2. The van der Waals surface area contributed by atoms with E-state index in [4.69, 9.17) is 9.47 Å². The molecule has 3 aromatic rings. The smallest absolute Gasteiger partial charge is 0.286 e. The van der Waals surface area contributed by atoms with Crippen LogP contribution in [0, 0.1) is 15.9 Å². The van der Waals surface area contributed by atoms with Gasteiger partial charge in [0.2, 0.25) is 0 Å². The van der Waals surface area contributed by atoms with Crippen molar-refractivity contribution in [2.24, 2.45) is 0 Å². The van der Waals surface area contributed by atoms with Crippen LogP contribution in [0.15, 0.2) is 41.8 Å². The number of amides is 1. The molecule has 0 saturated heterocycles. The second-order valence-corrected chi connectivity index (χ2v) is 6.57. The van der Waals surface area contributed by atoms with E-state index in [2.05, 4.69) is 10.3 Å². The molecule has 1 N–H and O–H groups in total. The maximum Gasteiger partial charge on any atom is 0.286 e. The van der Waals surface area contributed by atoms with Gasteiger partial charge in [0.15, 0.2) is 16.6 Å². The van der Waals surface area contributed by atoms with Gasteiger partial charge in [0.05, 0.1) is 30.4 Å². The van der Waals surface area contributed by atoms with E-state index in [0.717, 1.165) is 17.4 Å². The van der Waals surface area contributed by atoms with Gasteiger partial charge in [-0.05, 0) is 19.1 Å². The Morgan fingerprint density at radius 1 is 1.31 bits per heavy atom. The molecule has 0 bridgehead atoms. The fraction of sp³-hybridized carbons (Fsp3) is 0.158. The molecule has 0 aliphatic heterocycles. The summed E-state index contributed by atoms with van der Waals surface area (Å²) in [5.74, 6) is -0.764. The van der Waals surface area contributed by atoms with Gasteiger partial charge < -0.3 is 9.47 Å². The number of benzene rings is 2. The first-order valence-electron chi connectivity index (χ1n) is 8.45. The van der Waals surface area contributed by atoms with E-state index in [1.165, 1.54) is 25.3 Å². The first kappa shape index (κ1) is 20.2. The molecular formula is C19H16FN3O5S. The van der Waals surface area contributed by atoms with Crippen molar-refractivity contribution in [3.8, 4) is 22.8 Å². The largest absolute Gasteiger partial charge is 0.493 e. The molecule has 2 aromatic carbocycles. The van der Waals surface area contributed by atoms with E-state index in [0.29, 0.717) is 11.3 Å². The number of methoxy groups -OCH3 is 1. The number of anilines is 1. The first-order chi connectivity index (χ1) is 13.9. The lowest BCUT2D eigenvalue weighted by Crippen LogP contribution is -2.14. The molecule has 0 fully saturated rings. The Bertz CT molecular complexity index is 1070. The van der Waals surface area contributed by atoms with Gasteiger partial charge in [0.25, 0.3) is 11.6 Å². The van der Waals surface area contributed by atoms with Crippen molar-refractivity contribution in [3.05, 3.63) is 63.3 Å². The number of nitro benzene ring substituents is 1. The molecule has 150 valence electrons. The molecule has 0 atom stereocenters. The molecule has 29 heavy (non-hydrogen) atoms. The van der Waals surface area contributed by atoms with Gasteiger partial charge >= 0.3 is 0 Å². The van der Waals surface area contributed by atoms with Crippen molar-refractivity contribution >= 4 is 28.1 Å². The Morgan fingerprint density at radius 2 is 2.10 bits per heavy atom. The Morgan fingerprint density at radius 3 is 2.76 bits per heavy atom. The monoisotopic (exact) mass is 417 g/mol. The van der Waals surface area contributed by atoms with Gasteiger partial charge in [-0.3, -0.25) is 20.2 Å². The van der Waals surface area contributed by atoms with Gasteiger partial charge in [-0.2, -0.15) is 0 Å².